The largest absolute Gasteiger partial charge is 0.394 e. The van der Waals surface area contributed by atoms with Gasteiger partial charge in [-0.15, -0.1) is 0 Å². The second-order valence-electron chi connectivity index (χ2n) is 5.42. The minimum absolute atomic E-state index is 0.0166. The van der Waals surface area contributed by atoms with Crippen LogP contribution in [0.25, 0.3) is 10.8 Å². The van der Waals surface area contributed by atoms with E-state index in [-0.39, 0.29) is 18.6 Å². The number of hydrogen-bond donors (Lipinski definition) is 1. The predicted octanol–water partition coefficient (Wildman–Crippen LogP) is 2.37. The first-order chi connectivity index (χ1) is 9.78. The predicted molar refractivity (Wildman–Crippen MR) is 79.5 cm³/mol. The van der Waals surface area contributed by atoms with E-state index in [1.54, 1.807) is 0 Å². The van der Waals surface area contributed by atoms with Crippen LogP contribution in [-0.4, -0.2) is 35.1 Å². The minimum atomic E-state index is 0.0166. The molecule has 0 radical (unpaired) electrons. The molecule has 0 aromatic heterocycles. The van der Waals surface area contributed by atoms with Crippen molar-refractivity contribution in [2.75, 3.05) is 13.2 Å². The number of benzene rings is 2. The SMILES string of the molecule is O=C(Cc1ccc2ccccc2c1)N1CCC[C@@H]1CO. The summed E-state index contributed by atoms with van der Waals surface area (Å²) in [5, 5.41) is 11.7. The van der Waals surface area contributed by atoms with E-state index in [1.165, 1.54) is 5.39 Å². The number of fused-ring (bicyclic) bond motifs is 1. The van der Waals surface area contributed by atoms with Gasteiger partial charge in [0.1, 0.15) is 0 Å². The van der Waals surface area contributed by atoms with Gasteiger partial charge in [-0.1, -0.05) is 42.5 Å². The molecule has 0 aliphatic carbocycles. The number of hydrogen-bond acceptors (Lipinski definition) is 2. The molecule has 0 spiro atoms. The number of nitrogens with zero attached hydrogens (tertiary/aromatic N) is 1. The van der Waals surface area contributed by atoms with Crippen molar-refractivity contribution in [3.63, 3.8) is 0 Å². The van der Waals surface area contributed by atoms with Gasteiger partial charge in [-0.3, -0.25) is 4.79 Å². The number of carbonyl (C=O) groups is 1. The molecule has 0 bridgehead atoms. The third-order valence-corrected chi connectivity index (χ3v) is 4.08. The first-order valence-corrected chi connectivity index (χ1v) is 7.16. The van der Waals surface area contributed by atoms with E-state index in [4.69, 9.17) is 0 Å². The van der Waals surface area contributed by atoms with Crippen molar-refractivity contribution in [2.45, 2.75) is 25.3 Å². The second kappa shape index (κ2) is 5.63. The van der Waals surface area contributed by atoms with Crippen LogP contribution in [0.1, 0.15) is 18.4 Å². The average molecular weight is 269 g/mol. The second-order valence-corrected chi connectivity index (χ2v) is 5.42. The molecule has 1 amide bonds. The molecule has 2 aromatic rings. The highest BCUT2D eigenvalue weighted by molar-refractivity contribution is 5.85. The quantitative estimate of drug-likeness (QED) is 0.929. The van der Waals surface area contributed by atoms with Gasteiger partial charge in [0.05, 0.1) is 19.1 Å². The highest BCUT2D eigenvalue weighted by Gasteiger charge is 2.27. The van der Waals surface area contributed by atoms with Gasteiger partial charge in [0.15, 0.2) is 0 Å². The lowest BCUT2D eigenvalue weighted by Gasteiger charge is -2.23. The van der Waals surface area contributed by atoms with Crippen molar-refractivity contribution >= 4 is 16.7 Å². The number of carbonyl (C=O) groups excluding carboxylic acids is 1. The molecular weight excluding hydrogens is 250 g/mol. The fourth-order valence-electron chi connectivity index (χ4n) is 2.98. The Morgan fingerprint density at radius 2 is 2.00 bits per heavy atom. The minimum Gasteiger partial charge on any atom is -0.394 e. The summed E-state index contributed by atoms with van der Waals surface area (Å²) >= 11 is 0. The number of amides is 1. The van der Waals surface area contributed by atoms with Gasteiger partial charge < -0.3 is 10.0 Å². The smallest absolute Gasteiger partial charge is 0.227 e. The van der Waals surface area contributed by atoms with E-state index in [2.05, 4.69) is 24.3 Å². The summed E-state index contributed by atoms with van der Waals surface area (Å²) in [5.74, 6) is 0.122. The van der Waals surface area contributed by atoms with Crippen molar-refractivity contribution in [1.29, 1.82) is 0 Å². The lowest BCUT2D eigenvalue weighted by Crippen LogP contribution is -2.38. The van der Waals surface area contributed by atoms with Crippen LogP contribution in [-0.2, 0) is 11.2 Å². The van der Waals surface area contributed by atoms with Crippen LogP contribution in [0.2, 0.25) is 0 Å². The Balaban J connectivity index is 1.77. The van der Waals surface area contributed by atoms with Gasteiger partial charge in [-0.2, -0.15) is 0 Å². The number of aliphatic hydroxyl groups excluding tert-OH is 1. The number of rotatable bonds is 3. The van der Waals surface area contributed by atoms with Crippen LogP contribution in [0, 0.1) is 0 Å². The Morgan fingerprint density at radius 1 is 1.20 bits per heavy atom. The highest BCUT2D eigenvalue weighted by Crippen LogP contribution is 2.20. The molecule has 20 heavy (non-hydrogen) atoms. The van der Waals surface area contributed by atoms with Crippen LogP contribution in [0.3, 0.4) is 0 Å². The fraction of sp³-hybridized carbons (Fsp3) is 0.353. The molecule has 0 unspecified atom stereocenters. The van der Waals surface area contributed by atoms with Crippen LogP contribution < -0.4 is 0 Å². The van der Waals surface area contributed by atoms with Crippen molar-refractivity contribution < 1.29 is 9.90 Å². The molecule has 104 valence electrons. The maximum Gasteiger partial charge on any atom is 0.227 e. The molecule has 3 heteroatoms. The molecule has 0 saturated carbocycles. The van der Waals surface area contributed by atoms with Crippen LogP contribution in [0.5, 0.6) is 0 Å². The van der Waals surface area contributed by atoms with Gasteiger partial charge in [-0.05, 0) is 29.2 Å². The maximum absolute atomic E-state index is 12.3. The average Bonchev–Trinajstić information content (AvgIpc) is 2.95. The zero-order valence-corrected chi connectivity index (χ0v) is 11.5. The van der Waals surface area contributed by atoms with E-state index in [9.17, 15) is 9.90 Å². The van der Waals surface area contributed by atoms with Crippen molar-refractivity contribution in [1.82, 2.24) is 4.90 Å². The third-order valence-electron chi connectivity index (χ3n) is 4.08. The third kappa shape index (κ3) is 2.54. The highest BCUT2D eigenvalue weighted by atomic mass is 16.3. The molecule has 1 atom stereocenters. The lowest BCUT2D eigenvalue weighted by atomic mass is 10.0. The molecule has 2 aromatic carbocycles. The Bertz CT molecular complexity index is 623. The molecule has 1 saturated heterocycles. The first kappa shape index (κ1) is 13.1. The van der Waals surface area contributed by atoms with Crippen molar-refractivity contribution in [3.05, 3.63) is 48.0 Å². The van der Waals surface area contributed by atoms with Gasteiger partial charge in [0.2, 0.25) is 5.91 Å². The normalized spacial score (nSPS) is 18.6. The summed E-state index contributed by atoms with van der Waals surface area (Å²) in [4.78, 5) is 14.2. The summed E-state index contributed by atoms with van der Waals surface area (Å²) in [6.07, 6.45) is 2.33. The van der Waals surface area contributed by atoms with Gasteiger partial charge >= 0.3 is 0 Å². The molecular formula is C17H19NO2. The maximum atomic E-state index is 12.3. The van der Waals surface area contributed by atoms with Gasteiger partial charge in [0, 0.05) is 6.54 Å². The Hall–Kier alpha value is -1.87. The van der Waals surface area contributed by atoms with Crippen molar-refractivity contribution in [2.24, 2.45) is 0 Å². The Labute approximate surface area is 118 Å². The van der Waals surface area contributed by atoms with E-state index < -0.39 is 0 Å². The van der Waals surface area contributed by atoms with E-state index in [0.717, 1.165) is 30.3 Å². The van der Waals surface area contributed by atoms with Crippen molar-refractivity contribution in [3.8, 4) is 0 Å². The van der Waals surface area contributed by atoms with Gasteiger partial charge in [0.25, 0.3) is 0 Å². The first-order valence-electron chi connectivity index (χ1n) is 7.16. The summed E-state index contributed by atoms with van der Waals surface area (Å²) in [6, 6.07) is 14.3. The molecule has 1 aliphatic rings. The molecule has 1 N–H and O–H groups in total. The summed E-state index contributed by atoms with van der Waals surface area (Å²) in [5.41, 5.74) is 1.04. The topological polar surface area (TPSA) is 40.5 Å². The lowest BCUT2D eigenvalue weighted by molar-refractivity contribution is -0.131. The Kier molecular flexibility index (Phi) is 3.70. The monoisotopic (exact) mass is 269 g/mol. The molecule has 3 nitrogen and oxygen atoms in total. The molecule has 1 fully saturated rings. The van der Waals surface area contributed by atoms with Crippen LogP contribution in [0.15, 0.2) is 42.5 Å². The van der Waals surface area contributed by atoms with E-state index in [0.29, 0.717) is 6.42 Å². The molecule has 3 rings (SSSR count). The van der Waals surface area contributed by atoms with Crippen LogP contribution in [0.4, 0.5) is 0 Å². The number of likely N-dealkylation sites (tertiary alicyclic amines) is 1. The molecule has 1 aliphatic heterocycles. The zero-order valence-electron chi connectivity index (χ0n) is 11.5. The van der Waals surface area contributed by atoms with Crippen LogP contribution >= 0.6 is 0 Å². The number of aliphatic hydroxyl groups is 1. The Morgan fingerprint density at radius 3 is 2.80 bits per heavy atom. The zero-order chi connectivity index (χ0) is 13.9. The standard InChI is InChI=1S/C17H19NO2/c19-12-16-6-3-9-18(16)17(20)11-13-7-8-14-4-1-2-5-15(14)10-13/h1-2,4-5,7-8,10,16,19H,3,6,9,11-12H2/t16-/m1/s1. The summed E-state index contributed by atoms with van der Waals surface area (Å²) in [6.45, 7) is 0.848. The summed E-state index contributed by atoms with van der Waals surface area (Å²) in [7, 11) is 0. The van der Waals surface area contributed by atoms with Gasteiger partial charge in [-0.25, -0.2) is 0 Å². The molecule has 1 heterocycles. The summed E-state index contributed by atoms with van der Waals surface area (Å²) < 4.78 is 0. The van der Waals surface area contributed by atoms with E-state index >= 15 is 0 Å². The fourth-order valence-corrected chi connectivity index (χ4v) is 2.98. The van der Waals surface area contributed by atoms with E-state index in [1.807, 2.05) is 23.1 Å².